The third-order valence-electron chi connectivity index (χ3n) is 3.73. The zero-order valence-corrected chi connectivity index (χ0v) is 11.1. The second-order valence-electron chi connectivity index (χ2n) is 5.11. The van der Waals surface area contributed by atoms with Gasteiger partial charge in [0, 0.05) is 7.05 Å². The van der Waals surface area contributed by atoms with Gasteiger partial charge in [-0.3, -0.25) is 9.48 Å². The van der Waals surface area contributed by atoms with E-state index in [9.17, 15) is 9.18 Å². The topological polar surface area (TPSA) is 72.9 Å². The van der Waals surface area contributed by atoms with Crippen molar-refractivity contribution in [1.82, 2.24) is 15.1 Å². The summed E-state index contributed by atoms with van der Waals surface area (Å²) in [6.07, 6.45) is 3.13. The minimum atomic E-state index is -0.396. The van der Waals surface area contributed by atoms with Crippen molar-refractivity contribution in [3.63, 3.8) is 0 Å². The highest BCUT2D eigenvalue weighted by Gasteiger charge is 2.46. The molecule has 1 amide bonds. The molecule has 0 unspecified atom stereocenters. The molecule has 0 aliphatic heterocycles. The molecule has 3 rings (SSSR count). The summed E-state index contributed by atoms with van der Waals surface area (Å²) >= 11 is 0. The molecule has 1 heterocycles. The zero-order chi connectivity index (χ0) is 14.3. The number of nitrogen functional groups attached to an aromatic ring is 1. The highest BCUT2D eigenvalue weighted by atomic mass is 19.1. The summed E-state index contributed by atoms with van der Waals surface area (Å²) in [5, 5.41) is 6.93. The lowest BCUT2D eigenvalue weighted by Gasteiger charge is -2.17. The normalized spacial score (nSPS) is 15.9. The van der Waals surface area contributed by atoms with Crippen molar-refractivity contribution in [1.29, 1.82) is 0 Å². The van der Waals surface area contributed by atoms with Gasteiger partial charge in [-0.05, 0) is 30.5 Å². The van der Waals surface area contributed by atoms with Gasteiger partial charge in [0.15, 0.2) is 0 Å². The molecule has 0 radical (unpaired) electrons. The summed E-state index contributed by atoms with van der Waals surface area (Å²) in [6.45, 7) is 0. The van der Waals surface area contributed by atoms with E-state index in [1.807, 2.05) is 0 Å². The largest absolute Gasteiger partial charge is 0.383 e. The van der Waals surface area contributed by atoms with Crippen LogP contribution in [0.25, 0.3) is 0 Å². The van der Waals surface area contributed by atoms with Crippen molar-refractivity contribution in [3.8, 4) is 0 Å². The van der Waals surface area contributed by atoms with E-state index in [1.54, 1.807) is 19.2 Å². The predicted octanol–water partition coefficient (Wildman–Crippen LogP) is 1.56. The number of anilines is 1. The second-order valence-corrected chi connectivity index (χ2v) is 5.11. The Hall–Kier alpha value is -2.37. The van der Waals surface area contributed by atoms with Gasteiger partial charge in [-0.2, -0.15) is 5.10 Å². The summed E-state index contributed by atoms with van der Waals surface area (Å²) in [6, 6.07) is 6.21. The number of rotatable bonds is 3. The summed E-state index contributed by atoms with van der Waals surface area (Å²) in [7, 11) is 1.68. The van der Waals surface area contributed by atoms with Crippen LogP contribution in [0.1, 0.15) is 28.8 Å². The van der Waals surface area contributed by atoms with Crippen LogP contribution >= 0.6 is 0 Å². The van der Waals surface area contributed by atoms with Gasteiger partial charge < -0.3 is 11.1 Å². The first kappa shape index (κ1) is 12.7. The van der Waals surface area contributed by atoms with E-state index in [1.165, 1.54) is 23.0 Å². The van der Waals surface area contributed by atoms with Gasteiger partial charge in [-0.15, -0.1) is 0 Å². The van der Waals surface area contributed by atoms with Crippen molar-refractivity contribution < 1.29 is 9.18 Å². The average Bonchev–Trinajstić information content (AvgIpc) is 3.12. The van der Waals surface area contributed by atoms with Crippen molar-refractivity contribution in [2.24, 2.45) is 7.05 Å². The van der Waals surface area contributed by atoms with E-state index in [-0.39, 0.29) is 11.7 Å². The Labute approximate surface area is 115 Å². The fourth-order valence-corrected chi connectivity index (χ4v) is 2.29. The molecule has 2 aromatic rings. The summed E-state index contributed by atoms with van der Waals surface area (Å²) < 4.78 is 14.4. The van der Waals surface area contributed by atoms with Gasteiger partial charge >= 0.3 is 0 Å². The van der Waals surface area contributed by atoms with Crippen molar-refractivity contribution >= 4 is 11.7 Å². The van der Waals surface area contributed by atoms with E-state index in [2.05, 4.69) is 10.4 Å². The molecule has 6 heteroatoms. The van der Waals surface area contributed by atoms with Crippen LogP contribution in [-0.2, 0) is 12.6 Å². The monoisotopic (exact) mass is 274 g/mol. The van der Waals surface area contributed by atoms with Gasteiger partial charge in [0.05, 0.1) is 11.7 Å². The number of carbonyl (C=O) groups is 1. The third-order valence-corrected chi connectivity index (χ3v) is 3.73. The number of halogens is 1. The van der Waals surface area contributed by atoms with Crippen LogP contribution < -0.4 is 11.1 Å². The third kappa shape index (κ3) is 2.03. The average molecular weight is 274 g/mol. The molecule has 1 aliphatic rings. The van der Waals surface area contributed by atoms with E-state index >= 15 is 0 Å². The minimum Gasteiger partial charge on any atom is -0.383 e. The standard InChI is InChI=1S/C14H15FN4O/c1-19-12(16)11(8-17-19)13(20)18-14(6-7-14)9-2-4-10(15)5-3-9/h2-5,8H,6-7,16H2,1H3,(H,18,20). The molecular weight excluding hydrogens is 259 g/mol. The molecule has 5 nitrogen and oxygen atoms in total. The van der Waals surface area contributed by atoms with Crippen LogP contribution in [0.5, 0.6) is 0 Å². The van der Waals surface area contributed by atoms with Crippen LogP contribution in [0.15, 0.2) is 30.5 Å². The molecule has 1 aromatic carbocycles. The molecule has 0 bridgehead atoms. The number of nitrogens with two attached hydrogens (primary N) is 1. The molecule has 3 N–H and O–H groups in total. The van der Waals surface area contributed by atoms with Crippen LogP contribution in [0.3, 0.4) is 0 Å². The number of nitrogens with one attached hydrogen (secondary N) is 1. The fourth-order valence-electron chi connectivity index (χ4n) is 2.29. The molecule has 0 spiro atoms. The quantitative estimate of drug-likeness (QED) is 0.892. The van der Waals surface area contributed by atoms with Crippen molar-refractivity contribution in [3.05, 3.63) is 47.4 Å². The Morgan fingerprint density at radius 2 is 2.05 bits per heavy atom. The molecule has 20 heavy (non-hydrogen) atoms. The Balaban J connectivity index is 1.82. The van der Waals surface area contributed by atoms with E-state index < -0.39 is 5.54 Å². The Morgan fingerprint density at radius 3 is 2.55 bits per heavy atom. The molecule has 1 aromatic heterocycles. The fraction of sp³-hybridized carbons (Fsp3) is 0.286. The maximum atomic E-state index is 13.0. The van der Waals surface area contributed by atoms with Crippen LogP contribution in [-0.4, -0.2) is 15.7 Å². The number of nitrogens with zero attached hydrogens (tertiary/aromatic N) is 2. The number of benzene rings is 1. The van der Waals surface area contributed by atoms with E-state index in [0.717, 1.165) is 18.4 Å². The SMILES string of the molecule is Cn1ncc(C(=O)NC2(c3ccc(F)cc3)CC2)c1N. The molecule has 1 saturated carbocycles. The number of hydrogen-bond donors (Lipinski definition) is 2. The maximum absolute atomic E-state index is 13.0. The van der Waals surface area contributed by atoms with Gasteiger partial charge in [0.1, 0.15) is 17.2 Å². The van der Waals surface area contributed by atoms with Crippen LogP contribution in [0.4, 0.5) is 10.2 Å². The zero-order valence-electron chi connectivity index (χ0n) is 11.1. The minimum absolute atomic E-state index is 0.252. The number of carbonyl (C=O) groups excluding carboxylic acids is 1. The van der Waals surface area contributed by atoms with Crippen molar-refractivity contribution in [2.75, 3.05) is 5.73 Å². The highest BCUT2D eigenvalue weighted by molar-refractivity contribution is 5.98. The Kier molecular flexibility index (Phi) is 2.74. The van der Waals surface area contributed by atoms with Crippen molar-refractivity contribution in [2.45, 2.75) is 18.4 Å². The lowest BCUT2D eigenvalue weighted by atomic mass is 10.0. The Morgan fingerprint density at radius 1 is 1.40 bits per heavy atom. The Bertz CT molecular complexity index is 658. The smallest absolute Gasteiger partial charge is 0.257 e. The first-order valence-corrected chi connectivity index (χ1v) is 6.38. The van der Waals surface area contributed by atoms with E-state index in [4.69, 9.17) is 5.73 Å². The van der Waals surface area contributed by atoms with Gasteiger partial charge in [-0.1, -0.05) is 12.1 Å². The molecule has 104 valence electrons. The number of aryl methyl sites for hydroxylation is 1. The van der Waals surface area contributed by atoms with E-state index in [0.29, 0.717) is 11.4 Å². The molecule has 1 aliphatic carbocycles. The molecule has 0 atom stereocenters. The molecular formula is C14H15FN4O. The van der Waals surface area contributed by atoms with Gasteiger partial charge in [0.2, 0.25) is 0 Å². The summed E-state index contributed by atoms with van der Waals surface area (Å²) in [5.74, 6) is -0.206. The number of amides is 1. The number of aromatic nitrogens is 2. The van der Waals surface area contributed by atoms with Gasteiger partial charge in [0.25, 0.3) is 5.91 Å². The second kappa shape index (κ2) is 4.33. The highest BCUT2D eigenvalue weighted by Crippen LogP contribution is 2.45. The number of hydrogen-bond acceptors (Lipinski definition) is 3. The first-order chi connectivity index (χ1) is 9.52. The van der Waals surface area contributed by atoms with Crippen LogP contribution in [0, 0.1) is 5.82 Å². The van der Waals surface area contributed by atoms with Gasteiger partial charge in [-0.25, -0.2) is 4.39 Å². The summed E-state index contributed by atoms with van der Waals surface area (Å²) in [4.78, 5) is 12.3. The summed E-state index contributed by atoms with van der Waals surface area (Å²) in [5.41, 5.74) is 6.67. The first-order valence-electron chi connectivity index (χ1n) is 6.38. The molecule has 0 saturated heterocycles. The van der Waals surface area contributed by atoms with Crippen LogP contribution in [0.2, 0.25) is 0 Å². The maximum Gasteiger partial charge on any atom is 0.257 e. The predicted molar refractivity (Wildman–Crippen MR) is 72.4 cm³/mol. The lowest BCUT2D eigenvalue weighted by Crippen LogP contribution is -2.35. The molecule has 1 fully saturated rings. The lowest BCUT2D eigenvalue weighted by molar-refractivity contribution is 0.0931.